The van der Waals surface area contributed by atoms with Gasteiger partial charge in [0.05, 0.1) is 6.10 Å². The van der Waals surface area contributed by atoms with Crippen molar-refractivity contribution in [3.63, 3.8) is 0 Å². The Bertz CT molecular complexity index is 470. The average Bonchev–Trinajstić information content (AvgIpc) is 2.30. The normalized spacial score (nSPS) is 11.8. The van der Waals surface area contributed by atoms with Gasteiger partial charge in [-0.1, -0.05) is 6.07 Å². The molecule has 0 aromatic heterocycles. The highest BCUT2D eigenvalue weighted by Crippen LogP contribution is 2.20. The lowest BCUT2D eigenvalue weighted by atomic mass is 10.1. The van der Waals surface area contributed by atoms with Crippen LogP contribution in [-0.2, 0) is 9.59 Å². The van der Waals surface area contributed by atoms with Gasteiger partial charge in [0.25, 0.3) is 0 Å². The molecule has 1 unspecified atom stereocenters. The summed E-state index contributed by atoms with van der Waals surface area (Å²) in [5.41, 5.74) is 2.24. The molecule has 5 heteroatoms. The van der Waals surface area contributed by atoms with Crippen LogP contribution in [0.25, 0.3) is 0 Å². The molecular formula is C14H20N2O3. The lowest BCUT2D eigenvalue weighted by Crippen LogP contribution is -2.14. The van der Waals surface area contributed by atoms with Crippen LogP contribution in [0.4, 0.5) is 11.4 Å². The van der Waals surface area contributed by atoms with Crippen LogP contribution in [0.15, 0.2) is 18.2 Å². The molecule has 0 bridgehead atoms. The molecule has 0 saturated heterocycles. The van der Waals surface area contributed by atoms with E-state index in [4.69, 9.17) is 5.11 Å². The van der Waals surface area contributed by atoms with Crippen molar-refractivity contribution in [2.75, 3.05) is 10.6 Å². The van der Waals surface area contributed by atoms with Crippen molar-refractivity contribution in [1.29, 1.82) is 0 Å². The first-order valence-electron chi connectivity index (χ1n) is 6.24. The van der Waals surface area contributed by atoms with Gasteiger partial charge in [-0.15, -0.1) is 0 Å². The highest BCUT2D eigenvalue weighted by atomic mass is 16.3. The molecule has 0 fully saturated rings. The Kier molecular flexibility index (Phi) is 5.51. The minimum Gasteiger partial charge on any atom is -0.393 e. The zero-order valence-corrected chi connectivity index (χ0v) is 11.5. The number of anilines is 2. The van der Waals surface area contributed by atoms with E-state index >= 15 is 0 Å². The predicted octanol–water partition coefficient (Wildman–Crippen LogP) is 2.05. The summed E-state index contributed by atoms with van der Waals surface area (Å²) in [5.74, 6) is -0.306. The van der Waals surface area contributed by atoms with Crippen LogP contribution in [0.1, 0.15) is 32.3 Å². The van der Waals surface area contributed by atoms with E-state index in [0.717, 1.165) is 5.56 Å². The molecule has 0 saturated carbocycles. The fourth-order valence-electron chi connectivity index (χ4n) is 1.59. The number of aliphatic hydroxyl groups is 1. The van der Waals surface area contributed by atoms with Gasteiger partial charge in [-0.05, 0) is 38.0 Å². The van der Waals surface area contributed by atoms with Crippen LogP contribution >= 0.6 is 0 Å². The monoisotopic (exact) mass is 264 g/mol. The van der Waals surface area contributed by atoms with Crippen LogP contribution in [0.3, 0.4) is 0 Å². The molecule has 0 heterocycles. The Hall–Kier alpha value is -1.88. The fraction of sp³-hybridized carbons (Fsp3) is 0.429. The summed E-state index contributed by atoms with van der Waals surface area (Å²) in [6.07, 6.45) is 0.204. The predicted molar refractivity (Wildman–Crippen MR) is 75.0 cm³/mol. The molecule has 19 heavy (non-hydrogen) atoms. The summed E-state index contributed by atoms with van der Waals surface area (Å²) in [6, 6.07) is 5.33. The van der Waals surface area contributed by atoms with Crippen LogP contribution in [0, 0.1) is 6.92 Å². The number of aliphatic hydroxyl groups excluding tert-OH is 1. The Labute approximate surface area is 113 Å². The zero-order valence-electron chi connectivity index (χ0n) is 11.5. The van der Waals surface area contributed by atoms with Crippen LogP contribution in [-0.4, -0.2) is 23.0 Å². The lowest BCUT2D eigenvalue weighted by Gasteiger charge is -2.11. The second kappa shape index (κ2) is 6.89. The van der Waals surface area contributed by atoms with Crippen molar-refractivity contribution in [2.24, 2.45) is 0 Å². The first-order valence-corrected chi connectivity index (χ1v) is 6.24. The maximum absolute atomic E-state index is 11.6. The van der Waals surface area contributed by atoms with Gasteiger partial charge in [-0.3, -0.25) is 9.59 Å². The van der Waals surface area contributed by atoms with Crippen LogP contribution < -0.4 is 10.6 Å². The highest BCUT2D eigenvalue weighted by Gasteiger charge is 2.07. The van der Waals surface area contributed by atoms with Crippen LogP contribution in [0.5, 0.6) is 0 Å². The average molecular weight is 264 g/mol. The van der Waals surface area contributed by atoms with Gasteiger partial charge < -0.3 is 15.7 Å². The first kappa shape index (κ1) is 15.2. The maximum Gasteiger partial charge on any atom is 0.224 e. The van der Waals surface area contributed by atoms with Crippen molar-refractivity contribution in [3.05, 3.63) is 23.8 Å². The quantitative estimate of drug-likeness (QED) is 0.761. The summed E-state index contributed by atoms with van der Waals surface area (Å²) in [4.78, 5) is 22.7. The number of benzene rings is 1. The summed E-state index contributed by atoms with van der Waals surface area (Å²) in [7, 11) is 0. The number of hydrogen-bond donors (Lipinski definition) is 3. The Morgan fingerprint density at radius 1 is 1.32 bits per heavy atom. The van der Waals surface area contributed by atoms with E-state index in [0.29, 0.717) is 17.8 Å². The summed E-state index contributed by atoms with van der Waals surface area (Å²) in [5, 5.41) is 14.6. The minimum atomic E-state index is -0.487. The zero-order chi connectivity index (χ0) is 14.4. The SMILES string of the molecule is CC(=O)Nc1cc(NC(=O)CCC(C)O)ccc1C. The van der Waals surface area contributed by atoms with Crippen molar-refractivity contribution < 1.29 is 14.7 Å². The number of carbonyl (C=O) groups excluding carboxylic acids is 2. The largest absolute Gasteiger partial charge is 0.393 e. The third-order valence-corrected chi connectivity index (χ3v) is 2.62. The number of nitrogens with one attached hydrogen (secondary N) is 2. The Morgan fingerprint density at radius 2 is 2.00 bits per heavy atom. The van der Waals surface area contributed by atoms with Gasteiger partial charge in [0.15, 0.2) is 0 Å². The second-order valence-corrected chi connectivity index (χ2v) is 4.65. The number of carbonyl (C=O) groups is 2. The molecule has 0 aliphatic heterocycles. The van der Waals surface area contributed by atoms with Gasteiger partial charge in [0.2, 0.25) is 11.8 Å². The van der Waals surface area contributed by atoms with E-state index in [1.54, 1.807) is 19.1 Å². The van der Waals surface area contributed by atoms with E-state index in [2.05, 4.69) is 10.6 Å². The number of hydrogen-bond acceptors (Lipinski definition) is 3. The van der Waals surface area contributed by atoms with Crippen molar-refractivity contribution >= 4 is 23.2 Å². The summed E-state index contributed by atoms with van der Waals surface area (Å²) in [6.45, 7) is 4.96. The van der Waals surface area contributed by atoms with Crippen molar-refractivity contribution in [3.8, 4) is 0 Å². The molecule has 2 amide bonds. The summed E-state index contributed by atoms with van der Waals surface area (Å²) < 4.78 is 0. The van der Waals surface area contributed by atoms with E-state index < -0.39 is 6.10 Å². The number of amides is 2. The molecule has 0 aliphatic rings. The maximum atomic E-state index is 11.6. The molecule has 3 N–H and O–H groups in total. The molecule has 1 rings (SSSR count). The Morgan fingerprint density at radius 3 is 2.58 bits per heavy atom. The first-order chi connectivity index (χ1) is 8.88. The molecule has 0 radical (unpaired) electrons. The van der Waals surface area contributed by atoms with E-state index in [9.17, 15) is 9.59 Å². The molecule has 5 nitrogen and oxygen atoms in total. The van der Waals surface area contributed by atoms with Crippen molar-refractivity contribution in [2.45, 2.75) is 39.7 Å². The third-order valence-electron chi connectivity index (χ3n) is 2.62. The molecule has 1 atom stereocenters. The standard InChI is InChI=1S/C14H20N2O3/c1-9-4-6-12(8-13(9)15-11(3)18)16-14(19)7-5-10(2)17/h4,6,8,10,17H,5,7H2,1-3H3,(H,15,18)(H,16,19). The van der Waals surface area contributed by atoms with Gasteiger partial charge >= 0.3 is 0 Å². The third kappa shape index (κ3) is 5.52. The molecular weight excluding hydrogens is 244 g/mol. The minimum absolute atomic E-state index is 0.152. The van der Waals surface area contributed by atoms with Crippen molar-refractivity contribution in [1.82, 2.24) is 0 Å². The number of aryl methyl sites for hydroxylation is 1. The molecule has 104 valence electrons. The number of rotatable bonds is 5. The molecule has 1 aromatic carbocycles. The molecule has 0 spiro atoms. The van der Waals surface area contributed by atoms with E-state index in [-0.39, 0.29) is 18.2 Å². The highest BCUT2D eigenvalue weighted by molar-refractivity contribution is 5.93. The van der Waals surface area contributed by atoms with Crippen LogP contribution in [0.2, 0.25) is 0 Å². The Balaban J connectivity index is 2.68. The summed E-state index contributed by atoms with van der Waals surface area (Å²) >= 11 is 0. The van der Waals surface area contributed by atoms with Gasteiger partial charge in [0, 0.05) is 24.7 Å². The smallest absolute Gasteiger partial charge is 0.224 e. The second-order valence-electron chi connectivity index (χ2n) is 4.65. The van der Waals surface area contributed by atoms with E-state index in [1.165, 1.54) is 6.92 Å². The molecule has 0 aliphatic carbocycles. The lowest BCUT2D eigenvalue weighted by molar-refractivity contribution is -0.116. The van der Waals surface area contributed by atoms with Gasteiger partial charge in [-0.25, -0.2) is 0 Å². The van der Waals surface area contributed by atoms with Gasteiger partial charge in [-0.2, -0.15) is 0 Å². The fourth-order valence-corrected chi connectivity index (χ4v) is 1.59. The molecule has 1 aromatic rings. The van der Waals surface area contributed by atoms with Gasteiger partial charge in [0.1, 0.15) is 0 Å². The topological polar surface area (TPSA) is 78.4 Å². The van der Waals surface area contributed by atoms with E-state index in [1.807, 2.05) is 13.0 Å².